The van der Waals surface area contributed by atoms with Crippen molar-refractivity contribution < 1.29 is 14.5 Å². The van der Waals surface area contributed by atoms with E-state index in [1.54, 1.807) is 6.92 Å². The number of rotatable bonds is 8. The molecule has 25 heavy (non-hydrogen) atoms. The summed E-state index contributed by atoms with van der Waals surface area (Å²) in [6.07, 6.45) is 1.95. The average Bonchev–Trinajstić information content (AvgIpc) is 3.02. The second kappa shape index (κ2) is 8.52. The van der Waals surface area contributed by atoms with Crippen molar-refractivity contribution in [3.63, 3.8) is 0 Å². The average molecular weight is 364 g/mol. The number of anilines is 1. The van der Waals surface area contributed by atoms with E-state index in [2.05, 4.69) is 29.4 Å². The van der Waals surface area contributed by atoms with Gasteiger partial charge in [-0.15, -0.1) is 10.2 Å². The Kier molecular flexibility index (Phi) is 6.40. The number of nitro benzene ring substituents is 1. The molecule has 0 aliphatic rings. The Labute approximate surface area is 149 Å². The van der Waals surface area contributed by atoms with E-state index in [1.807, 2.05) is 0 Å². The quantitative estimate of drug-likeness (QED) is 0.565. The highest BCUT2D eigenvalue weighted by atomic mass is 32.1. The third-order valence-electron chi connectivity index (χ3n) is 3.76. The maximum absolute atomic E-state index is 12.0. The lowest BCUT2D eigenvalue weighted by atomic mass is 10.1. The maximum atomic E-state index is 12.0. The van der Waals surface area contributed by atoms with Crippen LogP contribution in [0.15, 0.2) is 18.2 Å². The second-order valence-corrected chi connectivity index (χ2v) is 6.51. The zero-order valence-electron chi connectivity index (χ0n) is 14.3. The molecule has 134 valence electrons. The SMILES string of the molecule is CCC(CC)c1nnc(NC(=O)COc2ccc([N+](=O)[O-])c(C)c2)s1. The number of nitrogens with one attached hydrogen (secondary N) is 1. The number of nitrogens with zero attached hydrogens (tertiary/aromatic N) is 3. The molecule has 1 amide bonds. The van der Waals surface area contributed by atoms with Gasteiger partial charge in [0, 0.05) is 17.5 Å². The van der Waals surface area contributed by atoms with Gasteiger partial charge in [-0.05, 0) is 31.9 Å². The molecule has 0 unspecified atom stereocenters. The molecule has 0 saturated carbocycles. The third kappa shape index (κ3) is 4.96. The number of benzene rings is 1. The van der Waals surface area contributed by atoms with Crippen molar-refractivity contribution in [2.45, 2.75) is 39.5 Å². The van der Waals surface area contributed by atoms with Crippen LogP contribution in [0.2, 0.25) is 0 Å². The van der Waals surface area contributed by atoms with Gasteiger partial charge in [-0.1, -0.05) is 25.2 Å². The van der Waals surface area contributed by atoms with E-state index in [0.717, 1.165) is 17.8 Å². The Bertz CT molecular complexity index is 758. The Morgan fingerprint density at radius 2 is 2.08 bits per heavy atom. The Morgan fingerprint density at radius 3 is 2.68 bits per heavy atom. The molecule has 0 radical (unpaired) electrons. The van der Waals surface area contributed by atoms with Crippen LogP contribution in [0, 0.1) is 17.0 Å². The molecule has 0 saturated heterocycles. The molecule has 1 heterocycles. The summed E-state index contributed by atoms with van der Waals surface area (Å²) in [5, 5.41) is 22.9. The number of aryl methyl sites for hydroxylation is 1. The third-order valence-corrected chi connectivity index (χ3v) is 4.76. The van der Waals surface area contributed by atoms with E-state index in [0.29, 0.717) is 22.4 Å². The van der Waals surface area contributed by atoms with Crippen LogP contribution in [0.1, 0.15) is 43.2 Å². The zero-order valence-corrected chi connectivity index (χ0v) is 15.1. The maximum Gasteiger partial charge on any atom is 0.272 e. The topological polar surface area (TPSA) is 107 Å². The number of hydrogen-bond acceptors (Lipinski definition) is 7. The highest BCUT2D eigenvalue weighted by Crippen LogP contribution is 2.28. The monoisotopic (exact) mass is 364 g/mol. The molecule has 0 atom stereocenters. The summed E-state index contributed by atoms with van der Waals surface area (Å²) in [4.78, 5) is 22.3. The standard InChI is InChI=1S/C16H20N4O4S/c1-4-11(5-2)15-18-19-16(25-15)17-14(21)9-24-12-6-7-13(20(22)23)10(3)8-12/h6-8,11H,4-5,9H2,1-3H3,(H,17,19,21). The van der Waals surface area contributed by atoms with E-state index < -0.39 is 4.92 Å². The predicted octanol–water partition coefficient (Wildman–Crippen LogP) is 3.68. The molecular weight excluding hydrogens is 344 g/mol. The van der Waals surface area contributed by atoms with E-state index in [-0.39, 0.29) is 18.2 Å². The molecule has 0 aliphatic heterocycles. The number of carbonyl (C=O) groups is 1. The summed E-state index contributed by atoms with van der Waals surface area (Å²) in [7, 11) is 0. The Morgan fingerprint density at radius 1 is 1.36 bits per heavy atom. The number of aromatic nitrogens is 2. The van der Waals surface area contributed by atoms with Crippen LogP contribution in [0.25, 0.3) is 0 Å². The molecule has 0 aliphatic carbocycles. The predicted molar refractivity (Wildman–Crippen MR) is 95.2 cm³/mol. The number of nitro groups is 1. The normalized spacial score (nSPS) is 10.7. The molecule has 0 fully saturated rings. The van der Waals surface area contributed by atoms with Gasteiger partial charge in [0.15, 0.2) is 6.61 Å². The lowest BCUT2D eigenvalue weighted by molar-refractivity contribution is -0.385. The van der Waals surface area contributed by atoms with Crippen molar-refractivity contribution in [1.29, 1.82) is 0 Å². The van der Waals surface area contributed by atoms with Crippen LogP contribution in [0.5, 0.6) is 5.75 Å². The molecular formula is C16H20N4O4S. The van der Waals surface area contributed by atoms with Crippen molar-refractivity contribution in [2.75, 3.05) is 11.9 Å². The molecule has 2 rings (SSSR count). The smallest absolute Gasteiger partial charge is 0.272 e. The molecule has 1 aromatic heterocycles. The number of ether oxygens (including phenoxy) is 1. The van der Waals surface area contributed by atoms with Crippen molar-refractivity contribution in [2.24, 2.45) is 0 Å². The highest BCUT2D eigenvalue weighted by Gasteiger charge is 2.15. The fourth-order valence-corrected chi connectivity index (χ4v) is 3.34. The van der Waals surface area contributed by atoms with Crippen LogP contribution in [0.4, 0.5) is 10.8 Å². The van der Waals surface area contributed by atoms with Gasteiger partial charge < -0.3 is 4.74 Å². The largest absolute Gasteiger partial charge is 0.484 e. The molecule has 0 spiro atoms. The summed E-state index contributed by atoms with van der Waals surface area (Å²) < 4.78 is 5.37. The van der Waals surface area contributed by atoms with Crippen LogP contribution >= 0.6 is 11.3 Å². The molecule has 1 N–H and O–H groups in total. The van der Waals surface area contributed by atoms with Crippen molar-refractivity contribution in [3.8, 4) is 5.75 Å². The van der Waals surface area contributed by atoms with E-state index >= 15 is 0 Å². The van der Waals surface area contributed by atoms with Gasteiger partial charge in [0.1, 0.15) is 10.8 Å². The molecule has 0 bridgehead atoms. The Balaban J connectivity index is 1.91. The van der Waals surface area contributed by atoms with Crippen LogP contribution < -0.4 is 10.1 Å². The van der Waals surface area contributed by atoms with Gasteiger partial charge in [0.05, 0.1) is 4.92 Å². The molecule has 2 aromatic rings. The summed E-state index contributed by atoms with van der Waals surface area (Å²) in [5.41, 5.74) is 0.487. The summed E-state index contributed by atoms with van der Waals surface area (Å²) in [6, 6.07) is 4.35. The second-order valence-electron chi connectivity index (χ2n) is 5.50. The minimum absolute atomic E-state index is 0.0135. The van der Waals surface area contributed by atoms with E-state index in [4.69, 9.17) is 4.74 Å². The highest BCUT2D eigenvalue weighted by molar-refractivity contribution is 7.15. The van der Waals surface area contributed by atoms with E-state index in [1.165, 1.54) is 29.5 Å². The van der Waals surface area contributed by atoms with Crippen molar-refractivity contribution in [1.82, 2.24) is 10.2 Å². The Hall–Kier alpha value is -2.55. The zero-order chi connectivity index (χ0) is 18.4. The first kappa shape index (κ1) is 18.8. The van der Waals surface area contributed by atoms with Gasteiger partial charge in [-0.2, -0.15) is 0 Å². The van der Waals surface area contributed by atoms with Gasteiger partial charge in [0.25, 0.3) is 11.6 Å². The summed E-state index contributed by atoms with van der Waals surface area (Å²) in [6.45, 7) is 5.59. The first-order chi connectivity index (χ1) is 11.9. The minimum Gasteiger partial charge on any atom is -0.484 e. The van der Waals surface area contributed by atoms with Crippen LogP contribution in [-0.2, 0) is 4.79 Å². The molecule has 8 nitrogen and oxygen atoms in total. The van der Waals surface area contributed by atoms with Crippen LogP contribution in [-0.4, -0.2) is 27.6 Å². The van der Waals surface area contributed by atoms with Crippen LogP contribution in [0.3, 0.4) is 0 Å². The lowest BCUT2D eigenvalue weighted by Crippen LogP contribution is -2.20. The first-order valence-corrected chi connectivity index (χ1v) is 8.77. The van der Waals surface area contributed by atoms with Crippen molar-refractivity contribution in [3.05, 3.63) is 38.9 Å². The summed E-state index contributed by atoms with van der Waals surface area (Å²) >= 11 is 1.36. The number of amides is 1. The first-order valence-electron chi connectivity index (χ1n) is 7.95. The lowest BCUT2D eigenvalue weighted by Gasteiger charge is -2.07. The van der Waals surface area contributed by atoms with Gasteiger partial charge >= 0.3 is 0 Å². The fraction of sp³-hybridized carbons (Fsp3) is 0.438. The van der Waals surface area contributed by atoms with E-state index in [9.17, 15) is 14.9 Å². The minimum atomic E-state index is -0.460. The number of hydrogen-bond donors (Lipinski definition) is 1. The molecule has 9 heteroatoms. The fourth-order valence-electron chi connectivity index (χ4n) is 2.31. The van der Waals surface area contributed by atoms with Gasteiger partial charge in [0.2, 0.25) is 5.13 Å². The van der Waals surface area contributed by atoms with Crippen molar-refractivity contribution >= 4 is 28.1 Å². The molecule has 1 aromatic carbocycles. The van der Waals surface area contributed by atoms with Gasteiger partial charge in [-0.25, -0.2) is 0 Å². The van der Waals surface area contributed by atoms with Gasteiger partial charge in [-0.3, -0.25) is 20.2 Å². The summed E-state index contributed by atoms with van der Waals surface area (Å²) in [5.74, 6) is 0.388. The number of carbonyl (C=O) groups excluding carboxylic acids is 1.